The van der Waals surface area contributed by atoms with Gasteiger partial charge in [0.2, 0.25) is 11.8 Å². The average molecular weight is 328 g/mol. The summed E-state index contributed by atoms with van der Waals surface area (Å²) in [6.45, 7) is 0.480. The van der Waals surface area contributed by atoms with Crippen LogP contribution < -0.4 is 10.1 Å². The minimum absolute atomic E-state index is 0.0886. The number of nitrogens with one attached hydrogen (secondary N) is 1. The quantitative estimate of drug-likeness (QED) is 0.875. The third kappa shape index (κ3) is 4.33. The van der Waals surface area contributed by atoms with Crippen LogP contribution in [0, 0.1) is 0 Å². The lowest BCUT2D eigenvalue weighted by molar-refractivity contribution is -0.154. The van der Waals surface area contributed by atoms with Crippen molar-refractivity contribution in [3.05, 3.63) is 30.0 Å². The van der Waals surface area contributed by atoms with Crippen LogP contribution in [0.4, 0.5) is 18.9 Å². The summed E-state index contributed by atoms with van der Waals surface area (Å²) < 4.78 is 45.9. The summed E-state index contributed by atoms with van der Waals surface area (Å²) in [5.74, 6) is 1.51. The number of aromatic nitrogens is 3. The molecule has 3 rings (SSSR count). The van der Waals surface area contributed by atoms with Gasteiger partial charge in [0.05, 0.1) is 11.9 Å². The summed E-state index contributed by atoms with van der Waals surface area (Å²) in [5.41, 5.74) is 0.614. The lowest BCUT2D eigenvalue weighted by atomic mass is 10.3. The number of anilines is 1. The molecule has 0 radical (unpaired) electrons. The van der Waals surface area contributed by atoms with Gasteiger partial charge in [-0.3, -0.25) is 0 Å². The highest BCUT2D eigenvalue weighted by molar-refractivity contribution is 5.43. The predicted molar refractivity (Wildman–Crippen MR) is 74.1 cm³/mol. The number of rotatable bonds is 6. The zero-order valence-electron chi connectivity index (χ0n) is 12.3. The number of halogens is 3. The van der Waals surface area contributed by atoms with E-state index in [1.807, 2.05) is 6.92 Å². The summed E-state index contributed by atoms with van der Waals surface area (Å²) in [4.78, 5) is 8.15. The number of pyridine rings is 1. The molecule has 23 heavy (non-hydrogen) atoms. The number of hydrogen-bond donors (Lipinski definition) is 1. The van der Waals surface area contributed by atoms with E-state index in [2.05, 4.69) is 25.2 Å². The van der Waals surface area contributed by atoms with E-state index in [9.17, 15) is 13.2 Å². The maximum Gasteiger partial charge on any atom is 0.422 e. The van der Waals surface area contributed by atoms with Crippen LogP contribution in [0.5, 0.6) is 5.88 Å². The van der Waals surface area contributed by atoms with Gasteiger partial charge in [0, 0.05) is 12.0 Å². The molecule has 2 aromatic rings. The number of ether oxygens (including phenoxy) is 1. The van der Waals surface area contributed by atoms with Crippen molar-refractivity contribution in [1.29, 1.82) is 0 Å². The molecule has 0 saturated heterocycles. The topological polar surface area (TPSA) is 73.1 Å². The molecule has 2 heterocycles. The van der Waals surface area contributed by atoms with Crippen LogP contribution in [0.2, 0.25) is 0 Å². The molecule has 1 fully saturated rings. The summed E-state index contributed by atoms with van der Waals surface area (Å²) in [6.07, 6.45) is -0.821. The normalized spacial score (nSPS) is 16.2. The Kier molecular flexibility index (Phi) is 4.10. The minimum Gasteiger partial charge on any atom is -0.468 e. The van der Waals surface area contributed by atoms with Crippen molar-refractivity contribution in [3.63, 3.8) is 0 Å². The van der Waals surface area contributed by atoms with Gasteiger partial charge in [-0.2, -0.15) is 18.2 Å². The first-order valence-corrected chi connectivity index (χ1v) is 7.16. The third-order valence-electron chi connectivity index (χ3n) is 3.27. The second-order valence-electron chi connectivity index (χ2n) is 5.42. The maximum absolute atomic E-state index is 12.1. The molecule has 0 bridgehead atoms. The molecule has 1 aliphatic carbocycles. The van der Waals surface area contributed by atoms with Crippen molar-refractivity contribution < 1.29 is 22.4 Å². The largest absolute Gasteiger partial charge is 0.468 e. The van der Waals surface area contributed by atoms with Gasteiger partial charge in [0.1, 0.15) is 6.04 Å². The van der Waals surface area contributed by atoms with Gasteiger partial charge in [-0.05, 0) is 25.8 Å². The zero-order valence-corrected chi connectivity index (χ0v) is 12.3. The summed E-state index contributed by atoms with van der Waals surface area (Å²) in [5, 5.41) is 7.03. The van der Waals surface area contributed by atoms with Gasteiger partial charge in [0.15, 0.2) is 12.4 Å². The molecule has 0 aliphatic heterocycles. The van der Waals surface area contributed by atoms with Crippen LogP contribution >= 0.6 is 0 Å². The van der Waals surface area contributed by atoms with Crippen molar-refractivity contribution in [3.8, 4) is 5.88 Å². The van der Waals surface area contributed by atoms with E-state index in [4.69, 9.17) is 4.52 Å². The van der Waals surface area contributed by atoms with Gasteiger partial charge in [-0.25, -0.2) is 4.98 Å². The van der Waals surface area contributed by atoms with Crippen LogP contribution in [0.25, 0.3) is 0 Å². The van der Waals surface area contributed by atoms with Crippen LogP contribution in [-0.4, -0.2) is 27.9 Å². The summed E-state index contributed by atoms with van der Waals surface area (Å²) in [6, 6.07) is 2.70. The Morgan fingerprint density at radius 2 is 2.17 bits per heavy atom. The molecule has 0 amide bonds. The Bertz CT molecular complexity index is 653. The van der Waals surface area contributed by atoms with Gasteiger partial charge in [0.25, 0.3) is 0 Å². The molecule has 1 atom stereocenters. The highest BCUT2D eigenvalue weighted by atomic mass is 19.4. The maximum atomic E-state index is 12.1. The van der Waals surface area contributed by atoms with E-state index in [0.717, 1.165) is 18.7 Å². The molecule has 0 aromatic carbocycles. The van der Waals surface area contributed by atoms with E-state index in [0.29, 0.717) is 17.5 Å². The minimum atomic E-state index is -4.38. The smallest absolute Gasteiger partial charge is 0.422 e. The van der Waals surface area contributed by atoms with Gasteiger partial charge < -0.3 is 14.6 Å². The van der Waals surface area contributed by atoms with Gasteiger partial charge in [-0.15, -0.1) is 0 Å². The zero-order chi connectivity index (χ0) is 16.4. The first kappa shape index (κ1) is 15.6. The van der Waals surface area contributed by atoms with E-state index >= 15 is 0 Å². The molecule has 1 N–H and O–H groups in total. The van der Waals surface area contributed by atoms with E-state index in [-0.39, 0.29) is 11.9 Å². The predicted octanol–water partition coefficient (Wildman–Crippen LogP) is 3.46. The van der Waals surface area contributed by atoms with Crippen molar-refractivity contribution >= 4 is 5.69 Å². The van der Waals surface area contributed by atoms with Crippen LogP contribution in [0.15, 0.2) is 22.9 Å². The fraction of sp³-hybridized carbons (Fsp3) is 0.500. The lowest BCUT2D eigenvalue weighted by Gasteiger charge is -2.12. The highest BCUT2D eigenvalue weighted by Gasteiger charge is 2.30. The Morgan fingerprint density at radius 3 is 2.78 bits per heavy atom. The Hall–Kier alpha value is -2.32. The van der Waals surface area contributed by atoms with E-state index in [1.54, 1.807) is 6.07 Å². The van der Waals surface area contributed by atoms with E-state index in [1.165, 1.54) is 12.3 Å². The molecule has 0 spiro atoms. The molecule has 9 heteroatoms. The molecule has 6 nitrogen and oxygen atoms in total. The first-order valence-electron chi connectivity index (χ1n) is 7.16. The number of nitrogens with zero attached hydrogens (tertiary/aromatic N) is 3. The average Bonchev–Trinajstić information content (AvgIpc) is 3.23. The van der Waals surface area contributed by atoms with Crippen molar-refractivity contribution in [2.24, 2.45) is 0 Å². The summed E-state index contributed by atoms with van der Waals surface area (Å²) in [7, 11) is 0. The molecule has 1 aliphatic rings. The lowest BCUT2D eigenvalue weighted by Crippen LogP contribution is -2.19. The monoisotopic (exact) mass is 328 g/mol. The molecule has 124 valence electrons. The molecule has 2 aromatic heterocycles. The second kappa shape index (κ2) is 6.05. The van der Waals surface area contributed by atoms with Gasteiger partial charge in [-0.1, -0.05) is 5.16 Å². The SMILES string of the molecule is C[C@H](Nc1ccc(OCC(F)(F)F)nc1)c1nc(C2CC2)no1. The van der Waals surface area contributed by atoms with Crippen LogP contribution in [-0.2, 0) is 0 Å². The van der Waals surface area contributed by atoms with Gasteiger partial charge >= 0.3 is 6.18 Å². The van der Waals surface area contributed by atoms with Crippen LogP contribution in [0.1, 0.15) is 43.4 Å². The third-order valence-corrected chi connectivity index (χ3v) is 3.27. The fourth-order valence-corrected chi connectivity index (χ4v) is 1.95. The Morgan fingerprint density at radius 1 is 1.39 bits per heavy atom. The Balaban J connectivity index is 1.56. The number of alkyl halides is 3. The molecule has 1 saturated carbocycles. The van der Waals surface area contributed by atoms with Crippen molar-refractivity contribution in [2.75, 3.05) is 11.9 Å². The first-order chi connectivity index (χ1) is 10.9. The van der Waals surface area contributed by atoms with E-state index < -0.39 is 12.8 Å². The fourth-order valence-electron chi connectivity index (χ4n) is 1.95. The Labute approximate surface area is 130 Å². The molecule has 0 unspecified atom stereocenters. The summed E-state index contributed by atoms with van der Waals surface area (Å²) >= 11 is 0. The molecular weight excluding hydrogens is 313 g/mol. The van der Waals surface area contributed by atoms with Crippen molar-refractivity contribution in [1.82, 2.24) is 15.1 Å². The standard InChI is InChI=1S/C14H15F3N4O2/c1-8(13-20-12(21-23-13)9-2-3-9)19-10-4-5-11(18-6-10)22-7-14(15,16)17/h4-6,8-9,19H,2-3,7H2,1H3/t8-/m0/s1. The van der Waals surface area contributed by atoms with Crippen LogP contribution in [0.3, 0.4) is 0 Å². The second-order valence-corrected chi connectivity index (χ2v) is 5.42. The molecular formula is C14H15F3N4O2. The number of hydrogen-bond acceptors (Lipinski definition) is 6. The highest BCUT2D eigenvalue weighted by Crippen LogP contribution is 2.38. The van der Waals surface area contributed by atoms with Crippen molar-refractivity contribution in [2.45, 2.75) is 37.9 Å².